The third-order valence-electron chi connectivity index (χ3n) is 4.43. The van der Waals surface area contributed by atoms with Gasteiger partial charge in [-0.2, -0.15) is 0 Å². The van der Waals surface area contributed by atoms with Gasteiger partial charge in [0.15, 0.2) is 5.96 Å². The zero-order chi connectivity index (χ0) is 18.2. The maximum Gasteiger partial charge on any atom is 0.217 e. The van der Waals surface area contributed by atoms with Gasteiger partial charge in [-0.1, -0.05) is 17.7 Å². The number of nitrogens with two attached hydrogens (primary N) is 1. The summed E-state index contributed by atoms with van der Waals surface area (Å²) in [5.74, 6) is 1.81. The van der Waals surface area contributed by atoms with E-state index < -0.39 is 0 Å². The van der Waals surface area contributed by atoms with E-state index in [1.807, 2.05) is 31.2 Å². The molecule has 2 atom stereocenters. The number of carbonyl (C=O) groups is 1. The first-order valence-electron chi connectivity index (χ1n) is 8.95. The number of nitrogens with zero attached hydrogens (tertiary/aromatic N) is 2. The summed E-state index contributed by atoms with van der Waals surface area (Å²) in [5, 5.41) is 3.38. The molecule has 3 N–H and O–H groups in total. The zero-order valence-electron chi connectivity index (χ0n) is 15.5. The first-order valence-corrected chi connectivity index (χ1v) is 8.95. The number of likely N-dealkylation sites (tertiary alicyclic amines) is 1. The van der Waals surface area contributed by atoms with Crippen LogP contribution in [0.1, 0.15) is 31.7 Å². The van der Waals surface area contributed by atoms with Crippen LogP contribution in [0.4, 0.5) is 0 Å². The van der Waals surface area contributed by atoms with Crippen LogP contribution < -0.4 is 15.8 Å². The van der Waals surface area contributed by atoms with Gasteiger partial charge in [0.1, 0.15) is 11.9 Å². The lowest BCUT2D eigenvalue weighted by molar-refractivity contribution is -0.119. The summed E-state index contributed by atoms with van der Waals surface area (Å²) in [6.07, 6.45) is 2.56. The molecule has 1 aromatic carbocycles. The van der Waals surface area contributed by atoms with Gasteiger partial charge >= 0.3 is 0 Å². The third-order valence-corrected chi connectivity index (χ3v) is 4.43. The van der Waals surface area contributed by atoms with E-state index >= 15 is 0 Å². The molecule has 138 valence electrons. The molecule has 0 radical (unpaired) electrons. The van der Waals surface area contributed by atoms with E-state index in [-0.39, 0.29) is 12.0 Å². The number of carbonyl (C=O) groups excluding carboxylic acids is 1. The molecular formula is C19H30N4O2. The van der Waals surface area contributed by atoms with Gasteiger partial charge in [0.05, 0.1) is 6.54 Å². The van der Waals surface area contributed by atoms with Crippen molar-refractivity contribution in [3.63, 3.8) is 0 Å². The Labute approximate surface area is 150 Å². The Kier molecular flexibility index (Phi) is 7.10. The molecule has 6 heteroatoms. The van der Waals surface area contributed by atoms with Crippen LogP contribution in [-0.4, -0.2) is 49.6 Å². The summed E-state index contributed by atoms with van der Waals surface area (Å²) in [6, 6.07) is 8.06. The monoisotopic (exact) mass is 346 g/mol. The smallest absolute Gasteiger partial charge is 0.217 e. The van der Waals surface area contributed by atoms with E-state index in [9.17, 15) is 4.79 Å². The number of amides is 1. The number of guanidine groups is 1. The number of primary amides is 1. The normalized spacial score (nSPS) is 19.4. The second-order valence-electron chi connectivity index (χ2n) is 6.79. The summed E-state index contributed by atoms with van der Waals surface area (Å²) in [4.78, 5) is 17.7. The first-order chi connectivity index (χ1) is 12.0. The summed E-state index contributed by atoms with van der Waals surface area (Å²) < 4.78 is 5.93. The predicted molar refractivity (Wildman–Crippen MR) is 101 cm³/mol. The largest absolute Gasteiger partial charge is 0.489 e. The highest BCUT2D eigenvalue weighted by Gasteiger charge is 2.23. The van der Waals surface area contributed by atoms with E-state index in [2.05, 4.69) is 22.1 Å². The lowest BCUT2D eigenvalue weighted by atomic mass is 9.95. The van der Waals surface area contributed by atoms with Crippen molar-refractivity contribution in [3.05, 3.63) is 29.8 Å². The molecule has 2 rings (SSSR count). The minimum absolute atomic E-state index is 0.0191. The van der Waals surface area contributed by atoms with E-state index in [0.717, 1.165) is 37.6 Å². The van der Waals surface area contributed by atoms with Crippen LogP contribution >= 0.6 is 0 Å². The number of hydrogen-bond acceptors (Lipinski definition) is 3. The van der Waals surface area contributed by atoms with Gasteiger partial charge in [0, 0.05) is 26.6 Å². The number of ether oxygens (including phenoxy) is 1. The molecule has 1 amide bonds. The highest BCUT2D eigenvalue weighted by Crippen LogP contribution is 2.19. The van der Waals surface area contributed by atoms with Crippen molar-refractivity contribution >= 4 is 11.9 Å². The van der Waals surface area contributed by atoms with Crippen molar-refractivity contribution in [1.29, 1.82) is 0 Å². The number of benzene rings is 1. The van der Waals surface area contributed by atoms with Crippen LogP contribution in [0.15, 0.2) is 29.3 Å². The molecular weight excluding hydrogens is 316 g/mol. The second kappa shape index (κ2) is 9.30. The van der Waals surface area contributed by atoms with Crippen LogP contribution in [0.25, 0.3) is 0 Å². The molecule has 0 aliphatic carbocycles. The van der Waals surface area contributed by atoms with Gasteiger partial charge in [-0.05, 0) is 44.7 Å². The molecule has 6 nitrogen and oxygen atoms in total. The minimum Gasteiger partial charge on any atom is -0.489 e. The number of aryl methyl sites for hydroxylation is 1. The molecule has 0 spiro atoms. The molecule has 2 unspecified atom stereocenters. The maximum atomic E-state index is 11.2. The third kappa shape index (κ3) is 6.29. The molecule has 0 aromatic heterocycles. The Morgan fingerprint density at radius 1 is 1.44 bits per heavy atom. The zero-order valence-corrected chi connectivity index (χ0v) is 15.5. The van der Waals surface area contributed by atoms with Crippen LogP contribution in [0, 0.1) is 12.8 Å². The fourth-order valence-electron chi connectivity index (χ4n) is 3.17. The molecule has 1 fully saturated rings. The molecule has 25 heavy (non-hydrogen) atoms. The average molecular weight is 346 g/mol. The van der Waals surface area contributed by atoms with Gasteiger partial charge in [-0.3, -0.25) is 9.79 Å². The van der Waals surface area contributed by atoms with Gasteiger partial charge in [0.25, 0.3) is 0 Å². The molecule has 0 saturated carbocycles. The van der Waals surface area contributed by atoms with Gasteiger partial charge in [-0.15, -0.1) is 0 Å². The van der Waals surface area contributed by atoms with Crippen molar-refractivity contribution in [1.82, 2.24) is 10.2 Å². The summed E-state index contributed by atoms with van der Waals surface area (Å²) >= 11 is 0. The summed E-state index contributed by atoms with van der Waals surface area (Å²) in [7, 11) is 1.78. The minimum atomic E-state index is -0.227. The van der Waals surface area contributed by atoms with Crippen LogP contribution in [0.5, 0.6) is 5.75 Å². The van der Waals surface area contributed by atoms with Crippen molar-refractivity contribution in [2.24, 2.45) is 16.6 Å². The Morgan fingerprint density at radius 2 is 2.16 bits per heavy atom. The molecule has 1 aliphatic heterocycles. The van der Waals surface area contributed by atoms with E-state index in [1.54, 1.807) is 7.05 Å². The molecule has 1 heterocycles. The van der Waals surface area contributed by atoms with Crippen LogP contribution in [0.3, 0.4) is 0 Å². The standard InChI is InChI=1S/C19H30N4O2/c1-14-6-8-17(9-7-14)25-15(2)12-22-19(21-3)23-10-4-5-16(13-23)11-18(20)24/h6-9,15-16H,4-5,10-13H2,1-3H3,(H2,20,24)(H,21,22). The fourth-order valence-corrected chi connectivity index (χ4v) is 3.17. The Balaban J connectivity index is 1.82. The van der Waals surface area contributed by atoms with E-state index in [0.29, 0.717) is 18.9 Å². The Hall–Kier alpha value is -2.24. The summed E-state index contributed by atoms with van der Waals surface area (Å²) in [5.41, 5.74) is 6.56. The molecule has 0 bridgehead atoms. The van der Waals surface area contributed by atoms with Gasteiger partial charge < -0.3 is 20.7 Å². The quantitative estimate of drug-likeness (QED) is 0.609. The molecule has 1 aromatic rings. The molecule has 1 aliphatic rings. The highest BCUT2D eigenvalue weighted by molar-refractivity contribution is 5.80. The van der Waals surface area contributed by atoms with Gasteiger partial charge in [0.2, 0.25) is 5.91 Å². The Morgan fingerprint density at radius 3 is 2.80 bits per heavy atom. The van der Waals surface area contributed by atoms with Gasteiger partial charge in [-0.25, -0.2) is 0 Å². The van der Waals surface area contributed by atoms with Crippen molar-refractivity contribution in [2.45, 2.75) is 39.2 Å². The topological polar surface area (TPSA) is 80.0 Å². The molecule has 1 saturated heterocycles. The first kappa shape index (κ1) is 19.1. The number of piperidine rings is 1. The lowest BCUT2D eigenvalue weighted by Gasteiger charge is -2.35. The van der Waals surface area contributed by atoms with E-state index in [4.69, 9.17) is 10.5 Å². The lowest BCUT2D eigenvalue weighted by Crippen LogP contribution is -2.49. The number of aliphatic imine (C=N–C) groups is 1. The second-order valence-corrected chi connectivity index (χ2v) is 6.79. The summed E-state index contributed by atoms with van der Waals surface area (Å²) in [6.45, 7) is 6.52. The number of nitrogens with one attached hydrogen (secondary N) is 1. The number of hydrogen-bond donors (Lipinski definition) is 2. The van der Waals surface area contributed by atoms with Crippen LogP contribution in [-0.2, 0) is 4.79 Å². The van der Waals surface area contributed by atoms with Crippen molar-refractivity contribution in [3.8, 4) is 5.75 Å². The predicted octanol–water partition coefficient (Wildman–Crippen LogP) is 1.93. The fraction of sp³-hybridized carbons (Fsp3) is 0.579. The highest BCUT2D eigenvalue weighted by atomic mass is 16.5. The Bertz CT molecular complexity index is 586. The van der Waals surface area contributed by atoms with Crippen molar-refractivity contribution in [2.75, 3.05) is 26.7 Å². The van der Waals surface area contributed by atoms with E-state index in [1.165, 1.54) is 5.56 Å². The number of rotatable bonds is 6. The average Bonchev–Trinajstić information content (AvgIpc) is 2.57. The SMILES string of the molecule is CN=C(NCC(C)Oc1ccc(C)cc1)N1CCCC(CC(N)=O)C1. The maximum absolute atomic E-state index is 11.2. The van der Waals surface area contributed by atoms with Crippen molar-refractivity contribution < 1.29 is 9.53 Å². The van der Waals surface area contributed by atoms with Crippen LogP contribution in [0.2, 0.25) is 0 Å².